The summed E-state index contributed by atoms with van der Waals surface area (Å²) in [5.41, 5.74) is 6.74. The average Bonchev–Trinajstić information content (AvgIpc) is 2.80. The van der Waals surface area contributed by atoms with Crippen molar-refractivity contribution >= 4 is 11.3 Å². The van der Waals surface area contributed by atoms with E-state index in [1.54, 1.807) is 6.42 Å². The molecule has 0 amide bonds. The van der Waals surface area contributed by atoms with E-state index < -0.39 is 0 Å². The zero-order valence-electron chi connectivity index (χ0n) is 10.8. The lowest BCUT2D eigenvalue weighted by atomic mass is 9.51. The molecule has 1 aromatic rings. The van der Waals surface area contributed by atoms with Gasteiger partial charge in [0.15, 0.2) is 0 Å². The second-order valence-corrected chi connectivity index (χ2v) is 7.68. The zero-order valence-corrected chi connectivity index (χ0v) is 11.7. The number of nitrogens with two attached hydrogens (primary N) is 1. The summed E-state index contributed by atoms with van der Waals surface area (Å²) in [6.07, 6.45) is 8.87. The normalized spacial score (nSPS) is 41.5. The van der Waals surface area contributed by atoms with Crippen molar-refractivity contribution in [2.75, 3.05) is 0 Å². The van der Waals surface area contributed by atoms with Gasteiger partial charge in [0, 0.05) is 18.3 Å². The quantitative estimate of drug-likeness (QED) is 0.908. The van der Waals surface area contributed by atoms with Crippen molar-refractivity contribution in [3.63, 3.8) is 0 Å². The summed E-state index contributed by atoms with van der Waals surface area (Å²) < 4.78 is 0. The van der Waals surface area contributed by atoms with Gasteiger partial charge < -0.3 is 5.73 Å². The highest BCUT2D eigenvalue weighted by molar-refractivity contribution is 7.09. The van der Waals surface area contributed by atoms with E-state index in [0.29, 0.717) is 6.54 Å². The molecule has 4 saturated carbocycles. The van der Waals surface area contributed by atoms with Crippen molar-refractivity contribution in [2.45, 2.75) is 45.1 Å². The van der Waals surface area contributed by atoms with E-state index in [4.69, 9.17) is 5.73 Å². The molecule has 3 heteroatoms. The van der Waals surface area contributed by atoms with Crippen LogP contribution in [0.5, 0.6) is 0 Å². The fourth-order valence-electron chi connectivity index (χ4n) is 5.11. The van der Waals surface area contributed by atoms with E-state index in [1.165, 1.54) is 37.1 Å². The Morgan fingerprint density at radius 2 is 1.78 bits per heavy atom. The Kier molecular flexibility index (Phi) is 2.73. The lowest BCUT2D eigenvalue weighted by Gasteiger charge is -2.54. The van der Waals surface area contributed by atoms with Crippen LogP contribution in [0.2, 0.25) is 0 Å². The summed E-state index contributed by atoms with van der Waals surface area (Å²) in [7, 11) is 0. The maximum atomic E-state index is 5.66. The van der Waals surface area contributed by atoms with Gasteiger partial charge in [-0.15, -0.1) is 11.3 Å². The van der Waals surface area contributed by atoms with E-state index in [9.17, 15) is 0 Å². The molecule has 4 aliphatic carbocycles. The molecule has 4 fully saturated rings. The molecule has 0 aromatic carbocycles. The topological polar surface area (TPSA) is 38.9 Å². The van der Waals surface area contributed by atoms with Gasteiger partial charge in [0.05, 0.1) is 10.7 Å². The first-order valence-electron chi connectivity index (χ1n) is 7.45. The van der Waals surface area contributed by atoms with Crippen LogP contribution in [0.3, 0.4) is 0 Å². The lowest BCUT2D eigenvalue weighted by Crippen LogP contribution is -2.45. The predicted octanol–water partition coefficient (Wildman–Crippen LogP) is 3.22. The van der Waals surface area contributed by atoms with Crippen LogP contribution in [-0.4, -0.2) is 4.98 Å². The minimum atomic E-state index is 0.595. The third-order valence-electron chi connectivity index (χ3n) is 5.64. The van der Waals surface area contributed by atoms with Crippen LogP contribution in [0.25, 0.3) is 0 Å². The van der Waals surface area contributed by atoms with Crippen molar-refractivity contribution in [1.29, 1.82) is 0 Å². The predicted molar refractivity (Wildman–Crippen MR) is 74.2 cm³/mol. The molecule has 98 valence electrons. The zero-order chi connectivity index (χ0) is 12.1. The van der Waals surface area contributed by atoms with Gasteiger partial charge in [-0.25, -0.2) is 4.98 Å². The fourth-order valence-corrected chi connectivity index (χ4v) is 5.99. The molecule has 2 N–H and O–H groups in total. The molecule has 0 saturated heterocycles. The largest absolute Gasteiger partial charge is 0.325 e. The van der Waals surface area contributed by atoms with Crippen molar-refractivity contribution in [3.8, 4) is 0 Å². The molecular formula is C15H22N2S. The highest BCUT2D eigenvalue weighted by atomic mass is 32.1. The van der Waals surface area contributed by atoms with Crippen molar-refractivity contribution in [3.05, 3.63) is 16.1 Å². The molecule has 0 radical (unpaired) electrons. The third-order valence-corrected chi connectivity index (χ3v) is 6.56. The molecular weight excluding hydrogens is 240 g/mol. The van der Waals surface area contributed by atoms with Crippen LogP contribution in [0.15, 0.2) is 5.38 Å². The van der Waals surface area contributed by atoms with Gasteiger partial charge in [0.1, 0.15) is 0 Å². The van der Waals surface area contributed by atoms with Crippen LogP contribution in [0, 0.1) is 29.6 Å². The Balaban J connectivity index is 1.51. The highest BCUT2D eigenvalue weighted by Gasteiger charge is 2.48. The van der Waals surface area contributed by atoms with Crippen LogP contribution in [-0.2, 0) is 13.0 Å². The molecule has 4 bridgehead atoms. The molecule has 0 unspecified atom stereocenters. The lowest BCUT2D eigenvalue weighted by molar-refractivity contribution is -0.0360. The maximum Gasteiger partial charge on any atom is 0.0931 e. The second kappa shape index (κ2) is 4.31. The van der Waals surface area contributed by atoms with Gasteiger partial charge in [-0.05, 0) is 61.7 Å². The SMILES string of the molecule is NCc1csc(CC2C3CC4CC(C3)CC2C4)n1. The van der Waals surface area contributed by atoms with Crippen molar-refractivity contribution in [2.24, 2.45) is 35.3 Å². The number of thiazole rings is 1. The van der Waals surface area contributed by atoms with Crippen molar-refractivity contribution < 1.29 is 0 Å². The van der Waals surface area contributed by atoms with Gasteiger partial charge >= 0.3 is 0 Å². The molecule has 2 nitrogen and oxygen atoms in total. The Morgan fingerprint density at radius 3 is 2.33 bits per heavy atom. The fraction of sp³-hybridized carbons (Fsp3) is 0.800. The molecule has 0 spiro atoms. The Bertz CT molecular complexity index is 411. The summed E-state index contributed by atoms with van der Waals surface area (Å²) >= 11 is 1.83. The van der Waals surface area contributed by atoms with Gasteiger partial charge in [-0.2, -0.15) is 0 Å². The van der Waals surface area contributed by atoms with Gasteiger partial charge in [-0.1, -0.05) is 0 Å². The highest BCUT2D eigenvalue weighted by Crippen LogP contribution is 2.57. The molecule has 5 rings (SSSR count). The standard InChI is InChI=1S/C15H22N2S/c16-7-13-8-18-15(17-13)6-14-11-2-9-1-10(4-11)5-12(14)3-9/h8-12,14H,1-7,16H2. The maximum absolute atomic E-state index is 5.66. The van der Waals surface area contributed by atoms with Gasteiger partial charge in [-0.3, -0.25) is 0 Å². The molecule has 1 heterocycles. The van der Waals surface area contributed by atoms with Crippen molar-refractivity contribution in [1.82, 2.24) is 4.98 Å². The van der Waals surface area contributed by atoms with Crippen LogP contribution in [0.1, 0.15) is 42.8 Å². The average molecular weight is 262 g/mol. The van der Waals surface area contributed by atoms with E-state index in [2.05, 4.69) is 10.4 Å². The van der Waals surface area contributed by atoms with E-state index in [0.717, 1.165) is 35.3 Å². The molecule has 1 aromatic heterocycles. The molecule has 4 aliphatic rings. The van der Waals surface area contributed by atoms with E-state index >= 15 is 0 Å². The summed E-state index contributed by atoms with van der Waals surface area (Å²) in [5.74, 6) is 5.15. The van der Waals surface area contributed by atoms with E-state index in [1.807, 2.05) is 11.3 Å². The summed E-state index contributed by atoms with van der Waals surface area (Å²) in [5, 5.41) is 3.48. The summed E-state index contributed by atoms with van der Waals surface area (Å²) in [4.78, 5) is 4.67. The molecule has 18 heavy (non-hydrogen) atoms. The Hall–Kier alpha value is -0.410. The number of rotatable bonds is 3. The first-order valence-corrected chi connectivity index (χ1v) is 8.33. The second-order valence-electron chi connectivity index (χ2n) is 6.74. The number of nitrogens with zero attached hydrogens (tertiary/aromatic N) is 1. The molecule has 0 atom stereocenters. The van der Waals surface area contributed by atoms with Crippen LogP contribution in [0.4, 0.5) is 0 Å². The minimum absolute atomic E-state index is 0.595. The Labute approximate surface area is 113 Å². The van der Waals surface area contributed by atoms with Crippen LogP contribution < -0.4 is 5.73 Å². The first-order chi connectivity index (χ1) is 8.81. The smallest absolute Gasteiger partial charge is 0.0931 e. The third kappa shape index (κ3) is 1.83. The Morgan fingerprint density at radius 1 is 1.11 bits per heavy atom. The minimum Gasteiger partial charge on any atom is -0.325 e. The van der Waals surface area contributed by atoms with Crippen LogP contribution >= 0.6 is 11.3 Å². The number of aromatic nitrogens is 1. The van der Waals surface area contributed by atoms with E-state index in [-0.39, 0.29) is 0 Å². The molecule has 0 aliphatic heterocycles. The summed E-state index contributed by atoms with van der Waals surface area (Å²) in [6.45, 7) is 0.595. The van der Waals surface area contributed by atoms with Gasteiger partial charge in [0.2, 0.25) is 0 Å². The number of hydrogen-bond acceptors (Lipinski definition) is 3. The van der Waals surface area contributed by atoms with Gasteiger partial charge in [0.25, 0.3) is 0 Å². The first kappa shape index (κ1) is 11.4. The monoisotopic (exact) mass is 262 g/mol. The number of hydrogen-bond donors (Lipinski definition) is 1. The summed E-state index contributed by atoms with van der Waals surface area (Å²) in [6, 6.07) is 0.